The number of methoxy groups -OCH3 is 1. The highest BCUT2D eigenvalue weighted by atomic mass is 32.2. The first-order chi connectivity index (χ1) is 8.95. The van der Waals surface area contributed by atoms with Crippen molar-refractivity contribution in [2.45, 2.75) is 12.8 Å². The van der Waals surface area contributed by atoms with Crippen LogP contribution in [0.15, 0.2) is 0 Å². The number of aliphatic carboxylic acids is 1. The Hall–Kier alpha value is -0.700. The van der Waals surface area contributed by atoms with E-state index in [4.69, 9.17) is 9.84 Å². The first-order valence-electron chi connectivity index (χ1n) is 6.36. The van der Waals surface area contributed by atoms with Gasteiger partial charge in [-0.15, -0.1) is 0 Å². The summed E-state index contributed by atoms with van der Waals surface area (Å²) in [6.45, 7) is 2.99. The van der Waals surface area contributed by atoms with Gasteiger partial charge in [0, 0.05) is 46.4 Å². The normalized spacial score (nSPS) is 18.6. The maximum absolute atomic E-state index is 12.0. The molecule has 0 atom stereocenters. The van der Waals surface area contributed by atoms with Gasteiger partial charge in [0.2, 0.25) is 10.0 Å². The average Bonchev–Trinajstić information content (AvgIpc) is 2.37. The maximum Gasteiger partial charge on any atom is 0.304 e. The van der Waals surface area contributed by atoms with Crippen molar-refractivity contribution in [3.05, 3.63) is 0 Å². The Balaban J connectivity index is 2.34. The molecule has 0 aromatic carbocycles. The summed E-state index contributed by atoms with van der Waals surface area (Å²) in [5.74, 6) is -0.717. The molecule has 0 aromatic heterocycles. The summed E-state index contributed by atoms with van der Waals surface area (Å²) < 4.78 is 30.3. The van der Waals surface area contributed by atoms with Crippen molar-refractivity contribution in [2.75, 3.05) is 52.2 Å². The number of hydrogen-bond donors (Lipinski definition) is 1. The van der Waals surface area contributed by atoms with E-state index in [-0.39, 0.29) is 12.2 Å². The maximum atomic E-state index is 12.0. The zero-order chi connectivity index (χ0) is 14.3. The van der Waals surface area contributed by atoms with Crippen LogP contribution < -0.4 is 0 Å². The molecule has 1 N–H and O–H groups in total. The molecule has 1 aliphatic heterocycles. The number of nitrogens with zero attached hydrogens (tertiary/aromatic N) is 2. The van der Waals surface area contributed by atoms with Crippen LogP contribution in [0.2, 0.25) is 0 Å². The molecule has 7 nitrogen and oxygen atoms in total. The SMILES string of the molecule is COCCCS(=O)(=O)N1CCN(CCC(=O)O)CC1. The molecule has 1 fully saturated rings. The van der Waals surface area contributed by atoms with E-state index in [0.29, 0.717) is 45.8 Å². The van der Waals surface area contributed by atoms with Gasteiger partial charge < -0.3 is 14.7 Å². The highest BCUT2D eigenvalue weighted by Gasteiger charge is 2.26. The fourth-order valence-electron chi connectivity index (χ4n) is 2.00. The zero-order valence-electron chi connectivity index (χ0n) is 11.2. The van der Waals surface area contributed by atoms with Gasteiger partial charge in [-0.05, 0) is 6.42 Å². The van der Waals surface area contributed by atoms with Gasteiger partial charge in [-0.1, -0.05) is 0 Å². The van der Waals surface area contributed by atoms with Crippen LogP contribution >= 0.6 is 0 Å². The van der Waals surface area contributed by atoms with Crippen molar-refractivity contribution < 1.29 is 23.1 Å². The molecule has 0 bridgehead atoms. The molecule has 1 aliphatic rings. The molecule has 0 unspecified atom stereocenters. The second-order valence-corrected chi connectivity index (χ2v) is 6.64. The van der Waals surface area contributed by atoms with Crippen molar-refractivity contribution in [2.24, 2.45) is 0 Å². The summed E-state index contributed by atoms with van der Waals surface area (Å²) in [5.41, 5.74) is 0. The molecular weight excluding hydrogens is 272 g/mol. The van der Waals surface area contributed by atoms with E-state index in [1.807, 2.05) is 4.90 Å². The fraction of sp³-hybridized carbons (Fsp3) is 0.909. The van der Waals surface area contributed by atoms with Gasteiger partial charge in [0.25, 0.3) is 0 Å². The average molecular weight is 294 g/mol. The number of sulfonamides is 1. The van der Waals surface area contributed by atoms with Gasteiger partial charge in [-0.25, -0.2) is 8.42 Å². The number of piperazine rings is 1. The van der Waals surface area contributed by atoms with Gasteiger partial charge >= 0.3 is 5.97 Å². The van der Waals surface area contributed by atoms with Gasteiger partial charge in [-0.3, -0.25) is 4.79 Å². The molecule has 0 spiro atoms. The highest BCUT2D eigenvalue weighted by molar-refractivity contribution is 7.89. The number of carboxylic acids is 1. The highest BCUT2D eigenvalue weighted by Crippen LogP contribution is 2.09. The Bertz CT molecular complexity index is 377. The molecule has 19 heavy (non-hydrogen) atoms. The van der Waals surface area contributed by atoms with Crippen molar-refractivity contribution in [3.8, 4) is 0 Å². The van der Waals surface area contributed by atoms with E-state index in [0.717, 1.165) is 0 Å². The zero-order valence-corrected chi connectivity index (χ0v) is 12.1. The van der Waals surface area contributed by atoms with Crippen LogP contribution in [0.3, 0.4) is 0 Å². The molecule has 1 rings (SSSR count). The quantitative estimate of drug-likeness (QED) is 0.604. The van der Waals surface area contributed by atoms with E-state index < -0.39 is 16.0 Å². The largest absolute Gasteiger partial charge is 0.481 e. The molecule has 112 valence electrons. The van der Waals surface area contributed by atoms with Crippen LogP contribution in [0.1, 0.15) is 12.8 Å². The first kappa shape index (κ1) is 16.4. The summed E-state index contributed by atoms with van der Waals surface area (Å²) in [7, 11) is -1.65. The molecule has 0 amide bonds. The van der Waals surface area contributed by atoms with Crippen LogP contribution in [-0.2, 0) is 19.6 Å². The Kier molecular flexibility index (Phi) is 6.70. The molecule has 0 saturated carbocycles. The molecular formula is C11H22N2O5S. The van der Waals surface area contributed by atoms with Crippen molar-refractivity contribution in [3.63, 3.8) is 0 Å². The number of hydrogen-bond acceptors (Lipinski definition) is 5. The predicted octanol–water partition coefficient (Wildman–Crippen LogP) is -0.555. The third-order valence-electron chi connectivity index (χ3n) is 3.12. The lowest BCUT2D eigenvalue weighted by molar-refractivity contribution is -0.137. The van der Waals surface area contributed by atoms with E-state index in [2.05, 4.69) is 0 Å². The van der Waals surface area contributed by atoms with Gasteiger partial charge in [-0.2, -0.15) is 4.31 Å². The lowest BCUT2D eigenvalue weighted by Crippen LogP contribution is -2.49. The third-order valence-corrected chi connectivity index (χ3v) is 5.07. The van der Waals surface area contributed by atoms with Crippen LogP contribution in [0.25, 0.3) is 0 Å². The Labute approximate surface area is 114 Å². The molecule has 0 aliphatic carbocycles. The minimum Gasteiger partial charge on any atom is -0.481 e. The lowest BCUT2D eigenvalue weighted by Gasteiger charge is -2.33. The van der Waals surface area contributed by atoms with E-state index in [9.17, 15) is 13.2 Å². The molecule has 8 heteroatoms. The summed E-state index contributed by atoms with van der Waals surface area (Å²) in [6.07, 6.45) is 0.596. The summed E-state index contributed by atoms with van der Waals surface area (Å²) in [5, 5.41) is 8.60. The smallest absolute Gasteiger partial charge is 0.304 e. The Morgan fingerprint density at radius 2 is 1.89 bits per heavy atom. The van der Waals surface area contributed by atoms with Crippen molar-refractivity contribution in [1.29, 1.82) is 0 Å². The fourth-order valence-corrected chi connectivity index (χ4v) is 3.46. The van der Waals surface area contributed by atoms with E-state index in [1.54, 1.807) is 7.11 Å². The van der Waals surface area contributed by atoms with E-state index in [1.165, 1.54) is 4.31 Å². The second kappa shape index (κ2) is 7.78. The van der Waals surface area contributed by atoms with Crippen molar-refractivity contribution >= 4 is 16.0 Å². The molecule has 0 aromatic rings. The lowest BCUT2D eigenvalue weighted by atomic mass is 10.3. The van der Waals surface area contributed by atoms with Gasteiger partial charge in [0.1, 0.15) is 0 Å². The predicted molar refractivity (Wildman–Crippen MR) is 70.5 cm³/mol. The number of ether oxygens (including phenoxy) is 1. The standard InChI is InChI=1S/C11H22N2O5S/c1-18-9-2-10-19(16,17)13-7-5-12(6-8-13)4-3-11(14)15/h2-10H2,1H3,(H,14,15). The molecule has 0 radical (unpaired) electrons. The van der Waals surface area contributed by atoms with Crippen LogP contribution in [-0.4, -0.2) is 80.9 Å². The molecule has 1 heterocycles. The molecule has 1 saturated heterocycles. The van der Waals surface area contributed by atoms with E-state index >= 15 is 0 Å². The number of carbonyl (C=O) groups is 1. The van der Waals surface area contributed by atoms with Crippen LogP contribution in [0.5, 0.6) is 0 Å². The van der Waals surface area contributed by atoms with Crippen LogP contribution in [0, 0.1) is 0 Å². The van der Waals surface area contributed by atoms with Gasteiger partial charge in [0.15, 0.2) is 0 Å². The van der Waals surface area contributed by atoms with Gasteiger partial charge in [0.05, 0.1) is 12.2 Å². The summed E-state index contributed by atoms with van der Waals surface area (Å²) in [6, 6.07) is 0. The minimum atomic E-state index is -3.20. The third kappa shape index (κ3) is 5.85. The van der Waals surface area contributed by atoms with Crippen molar-refractivity contribution in [1.82, 2.24) is 9.21 Å². The Morgan fingerprint density at radius 3 is 2.42 bits per heavy atom. The Morgan fingerprint density at radius 1 is 1.26 bits per heavy atom. The second-order valence-electron chi connectivity index (χ2n) is 4.55. The number of carboxylic acid groups (broad SMARTS) is 1. The summed E-state index contributed by atoms with van der Waals surface area (Å²) >= 11 is 0. The first-order valence-corrected chi connectivity index (χ1v) is 7.97. The minimum absolute atomic E-state index is 0.0978. The topological polar surface area (TPSA) is 87.2 Å². The van der Waals surface area contributed by atoms with Crippen LogP contribution in [0.4, 0.5) is 0 Å². The number of rotatable bonds is 8. The monoisotopic (exact) mass is 294 g/mol. The summed E-state index contributed by atoms with van der Waals surface area (Å²) in [4.78, 5) is 12.4.